The van der Waals surface area contributed by atoms with Crippen molar-refractivity contribution in [2.24, 2.45) is 0 Å². The van der Waals surface area contributed by atoms with Crippen molar-refractivity contribution in [3.05, 3.63) is 35.4 Å². The molecule has 1 aromatic carbocycles. The van der Waals surface area contributed by atoms with Gasteiger partial charge in [-0.2, -0.15) is 11.8 Å². The quantitative estimate of drug-likeness (QED) is 0.872. The summed E-state index contributed by atoms with van der Waals surface area (Å²) in [6.07, 6.45) is 1.81. The summed E-state index contributed by atoms with van der Waals surface area (Å²) in [4.78, 5) is 0. The van der Waals surface area contributed by atoms with E-state index in [0.29, 0.717) is 18.0 Å². The van der Waals surface area contributed by atoms with Gasteiger partial charge in [-0.1, -0.05) is 6.07 Å². The van der Waals surface area contributed by atoms with E-state index in [0.717, 1.165) is 18.4 Å². The molecule has 1 aliphatic rings. The molecule has 1 N–H and O–H groups in total. The van der Waals surface area contributed by atoms with E-state index in [9.17, 15) is 8.78 Å². The molecule has 1 heterocycles. The third kappa shape index (κ3) is 3.19. The fourth-order valence-electron chi connectivity index (χ4n) is 1.83. The number of thioether (sulfide) groups is 1. The van der Waals surface area contributed by atoms with E-state index >= 15 is 0 Å². The van der Waals surface area contributed by atoms with E-state index in [1.54, 1.807) is 0 Å². The van der Waals surface area contributed by atoms with Crippen LogP contribution in [0.15, 0.2) is 18.2 Å². The molecule has 0 spiro atoms. The van der Waals surface area contributed by atoms with Crippen LogP contribution < -0.4 is 5.32 Å². The highest BCUT2D eigenvalue weighted by atomic mass is 32.2. The molecule has 0 aromatic heterocycles. The number of nitrogens with one attached hydrogen (secondary N) is 1. The molecule has 88 valence electrons. The molecule has 0 amide bonds. The first-order valence-electron chi connectivity index (χ1n) is 5.51. The standard InChI is InChI=1S/C12H15F2NS/c13-10-2-1-9(12(14)7-10)3-5-15-11-4-6-16-8-11/h1-2,7,11,15H,3-6,8H2/t11-/m0/s1. The summed E-state index contributed by atoms with van der Waals surface area (Å²) in [7, 11) is 0. The molecule has 1 fully saturated rings. The molecule has 1 aromatic rings. The minimum atomic E-state index is -0.513. The van der Waals surface area contributed by atoms with Gasteiger partial charge in [0.15, 0.2) is 0 Å². The molecular weight excluding hydrogens is 228 g/mol. The van der Waals surface area contributed by atoms with E-state index in [1.807, 2.05) is 11.8 Å². The molecule has 0 radical (unpaired) electrons. The second-order valence-corrected chi connectivity index (χ2v) is 5.15. The van der Waals surface area contributed by atoms with E-state index in [4.69, 9.17) is 0 Å². The Labute approximate surface area is 98.6 Å². The van der Waals surface area contributed by atoms with Crippen molar-refractivity contribution in [1.29, 1.82) is 0 Å². The second kappa shape index (κ2) is 5.64. The van der Waals surface area contributed by atoms with Crippen LogP contribution in [0, 0.1) is 11.6 Å². The van der Waals surface area contributed by atoms with Gasteiger partial charge in [-0.05, 0) is 36.8 Å². The number of benzene rings is 1. The predicted octanol–water partition coefficient (Wildman–Crippen LogP) is 2.60. The Balaban J connectivity index is 1.80. The number of hydrogen-bond donors (Lipinski definition) is 1. The minimum Gasteiger partial charge on any atom is -0.313 e. The molecule has 2 rings (SSSR count). The molecule has 0 aliphatic carbocycles. The fourth-order valence-corrected chi connectivity index (χ4v) is 3.02. The highest BCUT2D eigenvalue weighted by molar-refractivity contribution is 7.99. The zero-order chi connectivity index (χ0) is 11.4. The number of hydrogen-bond acceptors (Lipinski definition) is 2. The average molecular weight is 243 g/mol. The minimum absolute atomic E-state index is 0.442. The van der Waals surface area contributed by atoms with E-state index < -0.39 is 11.6 Å². The van der Waals surface area contributed by atoms with Crippen LogP contribution in [0.3, 0.4) is 0 Å². The molecule has 4 heteroatoms. The summed E-state index contributed by atoms with van der Waals surface area (Å²) in [6, 6.07) is 4.34. The fraction of sp³-hybridized carbons (Fsp3) is 0.500. The monoisotopic (exact) mass is 243 g/mol. The van der Waals surface area contributed by atoms with Crippen molar-refractivity contribution in [3.8, 4) is 0 Å². The van der Waals surface area contributed by atoms with E-state index in [-0.39, 0.29) is 0 Å². The first-order chi connectivity index (χ1) is 7.75. The summed E-state index contributed by atoms with van der Waals surface area (Å²) in [5, 5.41) is 3.39. The smallest absolute Gasteiger partial charge is 0.129 e. The molecule has 0 bridgehead atoms. The Morgan fingerprint density at radius 2 is 2.25 bits per heavy atom. The van der Waals surface area contributed by atoms with Crippen LogP contribution in [0.25, 0.3) is 0 Å². The third-order valence-electron chi connectivity index (χ3n) is 2.77. The summed E-state index contributed by atoms with van der Waals surface area (Å²) >= 11 is 1.95. The van der Waals surface area contributed by atoms with Crippen LogP contribution in [0.1, 0.15) is 12.0 Å². The van der Waals surface area contributed by atoms with Gasteiger partial charge < -0.3 is 5.32 Å². The van der Waals surface area contributed by atoms with Gasteiger partial charge in [0, 0.05) is 17.9 Å². The maximum Gasteiger partial charge on any atom is 0.129 e. The molecule has 0 unspecified atom stereocenters. The van der Waals surface area contributed by atoms with Gasteiger partial charge in [0.1, 0.15) is 11.6 Å². The lowest BCUT2D eigenvalue weighted by Gasteiger charge is -2.11. The topological polar surface area (TPSA) is 12.0 Å². The van der Waals surface area contributed by atoms with Gasteiger partial charge in [0.25, 0.3) is 0 Å². The van der Waals surface area contributed by atoms with E-state index in [2.05, 4.69) is 5.32 Å². The molecule has 1 nitrogen and oxygen atoms in total. The Bertz CT molecular complexity index is 351. The zero-order valence-electron chi connectivity index (χ0n) is 9.01. The van der Waals surface area contributed by atoms with Crippen molar-refractivity contribution in [2.45, 2.75) is 18.9 Å². The van der Waals surface area contributed by atoms with Crippen molar-refractivity contribution in [1.82, 2.24) is 5.32 Å². The Morgan fingerprint density at radius 3 is 2.94 bits per heavy atom. The largest absolute Gasteiger partial charge is 0.313 e. The molecular formula is C12H15F2NS. The normalized spacial score (nSPS) is 20.2. The SMILES string of the molecule is Fc1ccc(CCN[C@H]2CCSC2)c(F)c1. The molecule has 1 atom stereocenters. The maximum atomic E-state index is 13.3. The van der Waals surface area contributed by atoms with Crippen molar-refractivity contribution in [3.63, 3.8) is 0 Å². The summed E-state index contributed by atoms with van der Waals surface area (Å²) in [6.45, 7) is 0.758. The number of halogens is 2. The van der Waals surface area contributed by atoms with Gasteiger partial charge in [0.2, 0.25) is 0 Å². The van der Waals surface area contributed by atoms with Gasteiger partial charge in [-0.15, -0.1) is 0 Å². The van der Waals surface area contributed by atoms with Gasteiger partial charge in [-0.25, -0.2) is 8.78 Å². The lowest BCUT2D eigenvalue weighted by Crippen LogP contribution is -2.30. The van der Waals surface area contributed by atoms with Crippen LogP contribution in [-0.4, -0.2) is 24.1 Å². The lowest BCUT2D eigenvalue weighted by atomic mass is 10.1. The molecule has 16 heavy (non-hydrogen) atoms. The van der Waals surface area contributed by atoms with Crippen molar-refractivity contribution in [2.75, 3.05) is 18.1 Å². The van der Waals surface area contributed by atoms with Gasteiger partial charge in [0.05, 0.1) is 0 Å². The second-order valence-electron chi connectivity index (χ2n) is 4.00. The van der Waals surface area contributed by atoms with Gasteiger partial charge >= 0.3 is 0 Å². The maximum absolute atomic E-state index is 13.3. The summed E-state index contributed by atoms with van der Waals surface area (Å²) in [5.41, 5.74) is 0.583. The van der Waals surface area contributed by atoms with Crippen LogP contribution in [0.4, 0.5) is 8.78 Å². The predicted molar refractivity (Wildman–Crippen MR) is 63.8 cm³/mol. The molecule has 1 saturated heterocycles. The summed E-state index contributed by atoms with van der Waals surface area (Å²) < 4.78 is 25.9. The molecule has 0 saturated carbocycles. The van der Waals surface area contributed by atoms with Crippen LogP contribution in [0.5, 0.6) is 0 Å². The highest BCUT2D eigenvalue weighted by Crippen LogP contribution is 2.17. The first-order valence-corrected chi connectivity index (χ1v) is 6.66. The Kier molecular flexibility index (Phi) is 4.18. The Morgan fingerprint density at radius 1 is 1.38 bits per heavy atom. The van der Waals surface area contributed by atoms with Crippen LogP contribution in [-0.2, 0) is 6.42 Å². The van der Waals surface area contributed by atoms with Crippen LogP contribution in [0.2, 0.25) is 0 Å². The third-order valence-corrected chi connectivity index (χ3v) is 3.93. The van der Waals surface area contributed by atoms with Crippen molar-refractivity contribution < 1.29 is 8.78 Å². The first kappa shape index (κ1) is 11.9. The zero-order valence-corrected chi connectivity index (χ0v) is 9.83. The van der Waals surface area contributed by atoms with Crippen molar-refractivity contribution >= 4 is 11.8 Å². The molecule has 1 aliphatic heterocycles. The lowest BCUT2D eigenvalue weighted by molar-refractivity contribution is 0.541. The Hall–Kier alpha value is -0.610. The highest BCUT2D eigenvalue weighted by Gasteiger charge is 2.14. The number of rotatable bonds is 4. The van der Waals surface area contributed by atoms with Gasteiger partial charge in [-0.3, -0.25) is 0 Å². The van der Waals surface area contributed by atoms with E-state index in [1.165, 1.54) is 24.3 Å². The summed E-state index contributed by atoms with van der Waals surface area (Å²) in [5.74, 6) is 1.40. The van der Waals surface area contributed by atoms with Crippen LogP contribution >= 0.6 is 11.8 Å². The average Bonchev–Trinajstić information content (AvgIpc) is 2.74.